The Kier molecular flexibility index (Phi) is 6.24. The number of carbonyl (C=O) groups excluding carboxylic acids is 2. The van der Waals surface area contributed by atoms with Gasteiger partial charge in [0.15, 0.2) is 5.78 Å². The largest absolute Gasteiger partial charge is 0.497 e. The van der Waals surface area contributed by atoms with Crippen molar-refractivity contribution < 1.29 is 19.4 Å². The number of hydrogen-bond acceptors (Lipinski definition) is 4. The molecule has 2 N–H and O–H groups in total. The first-order valence-electron chi connectivity index (χ1n) is 9.30. The van der Waals surface area contributed by atoms with Crippen LogP contribution in [0.5, 0.6) is 5.75 Å². The molecule has 142 valence electrons. The molecule has 2 aromatic carbocycles. The molecule has 0 spiro atoms. The summed E-state index contributed by atoms with van der Waals surface area (Å²) < 4.78 is 5.08. The van der Waals surface area contributed by atoms with Crippen molar-refractivity contribution in [2.75, 3.05) is 13.7 Å². The predicted octanol–water partition coefficient (Wildman–Crippen LogP) is 3.00. The molecule has 1 aliphatic carbocycles. The Morgan fingerprint density at radius 2 is 1.81 bits per heavy atom. The highest BCUT2D eigenvalue weighted by Crippen LogP contribution is 2.23. The molecular weight excluding hydrogens is 342 g/mol. The van der Waals surface area contributed by atoms with Crippen LogP contribution in [0.1, 0.15) is 52.4 Å². The summed E-state index contributed by atoms with van der Waals surface area (Å²) in [5.41, 5.74) is 3.97. The Bertz CT molecular complexity index is 814. The molecule has 3 rings (SSSR count). The molecule has 1 atom stereocenters. The third kappa shape index (κ3) is 4.95. The van der Waals surface area contributed by atoms with Gasteiger partial charge in [0.1, 0.15) is 5.75 Å². The zero-order chi connectivity index (χ0) is 19.2. The SMILES string of the molecule is COc1ccc(C(O)CNC(=O)CCC(=O)c2ccc3c(c2)CCC3)cc1. The van der Waals surface area contributed by atoms with Gasteiger partial charge in [0.05, 0.1) is 13.2 Å². The molecule has 0 radical (unpaired) electrons. The van der Waals surface area contributed by atoms with Crippen LogP contribution in [0.3, 0.4) is 0 Å². The lowest BCUT2D eigenvalue weighted by Crippen LogP contribution is -2.28. The second-order valence-corrected chi connectivity index (χ2v) is 6.85. The Balaban J connectivity index is 1.44. The zero-order valence-electron chi connectivity index (χ0n) is 15.5. The number of ketones is 1. The van der Waals surface area contributed by atoms with E-state index in [0.717, 1.165) is 19.3 Å². The number of benzene rings is 2. The van der Waals surface area contributed by atoms with Gasteiger partial charge in [-0.05, 0) is 54.2 Å². The molecule has 5 heteroatoms. The van der Waals surface area contributed by atoms with Crippen molar-refractivity contribution in [3.63, 3.8) is 0 Å². The molecular formula is C22H25NO4. The third-order valence-electron chi connectivity index (χ3n) is 4.99. The van der Waals surface area contributed by atoms with Crippen molar-refractivity contribution in [1.29, 1.82) is 0 Å². The highest BCUT2D eigenvalue weighted by atomic mass is 16.5. The first-order chi connectivity index (χ1) is 13.1. The summed E-state index contributed by atoms with van der Waals surface area (Å²) in [6.45, 7) is 0.109. The van der Waals surface area contributed by atoms with E-state index in [1.54, 1.807) is 31.4 Å². The molecule has 1 aliphatic rings. The molecule has 0 saturated heterocycles. The maximum atomic E-state index is 12.3. The van der Waals surface area contributed by atoms with Gasteiger partial charge in [-0.1, -0.05) is 24.3 Å². The van der Waals surface area contributed by atoms with E-state index in [9.17, 15) is 14.7 Å². The Morgan fingerprint density at radius 1 is 1.07 bits per heavy atom. The minimum atomic E-state index is -0.799. The Hall–Kier alpha value is -2.66. The summed E-state index contributed by atoms with van der Waals surface area (Å²) in [5.74, 6) is 0.452. The van der Waals surface area contributed by atoms with Crippen molar-refractivity contribution in [1.82, 2.24) is 5.32 Å². The number of rotatable bonds is 8. The second kappa shape index (κ2) is 8.82. The summed E-state index contributed by atoms with van der Waals surface area (Å²) in [6.07, 6.45) is 2.75. The smallest absolute Gasteiger partial charge is 0.220 e. The van der Waals surface area contributed by atoms with Gasteiger partial charge in [0.2, 0.25) is 5.91 Å². The van der Waals surface area contributed by atoms with E-state index >= 15 is 0 Å². The standard InChI is InChI=1S/C22H25NO4/c1-27-19-9-7-16(8-10-19)21(25)14-23-22(26)12-11-20(24)18-6-5-15-3-2-4-17(15)13-18/h5-10,13,21,25H,2-4,11-12,14H2,1H3,(H,23,26). The fourth-order valence-corrected chi connectivity index (χ4v) is 3.36. The van der Waals surface area contributed by atoms with E-state index in [1.165, 1.54) is 11.1 Å². The minimum absolute atomic E-state index is 0.0180. The maximum Gasteiger partial charge on any atom is 0.220 e. The van der Waals surface area contributed by atoms with Crippen LogP contribution in [0.25, 0.3) is 0 Å². The first kappa shape index (κ1) is 19.1. The number of fused-ring (bicyclic) bond motifs is 1. The number of methoxy groups -OCH3 is 1. The average Bonchev–Trinajstić information content (AvgIpc) is 3.18. The number of amides is 1. The number of ether oxygens (including phenoxy) is 1. The van der Waals surface area contributed by atoms with E-state index in [4.69, 9.17) is 4.74 Å². The summed E-state index contributed by atoms with van der Waals surface area (Å²) in [5, 5.41) is 12.8. The molecule has 0 aliphatic heterocycles. The van der Waals surface area contributed by atoms with E-state index < -0.39 is 6.10 Å². The van der Waals surface area contributed by atoms with Crippen molar-refractivity contribution in [3.05, 3.63) is 64.7 Å². The number of Topliss-reactive ketones (excluding diaryl/α,β-unsaturated/α-hetero) is 1. The zero-order valence-corrected chi connectivity index (χ0v) is 15.5. The van der Waals surface area contributed by atoms with E-state index in [2.05, 4.69) is 5.32 Å². The van der Waals surface area contributed by atoms with Crippen molar-refractivity contribution in [2.45, 2.75) is 38.2 Å². The molecule has 5 nitrogen and oxygen atoms in total. The van der Waals surface area contributed by atoms with Crippen molar-refractivity contribution in [2.24, 2.45) is 0 Å². The maximum absolute atomic E-state index is 12.3. The summed E-state index contributed by atoms with van der Waals surface area (Å²) in [4.78, 5) is 24.3. The fourth-order valence-electron chi connectivity index (χ4n) is 3.36. The monoisotopic (exact) mass is 367 g/mol. The van der Waals surface area contributed by atoms with Gasteiger partial charge in [0.25, 0.3) is 0 Å². The molecule has 0 fully saturated rings. The van der Waals surface area contributed by atoms with Gasteiger partial charge in [-0.15, -0.1) is 0 Å². The minimum Gasteiger partial charge on any atom is -0.497 e. The van der Waals surface area contributed by atoms with E-state index in [0.29, 0.717) is 16.9 Å². The van der Waals surface area contributed by atoms with Crippen LogP contribution in [-0.2, 0) is 17.6 Å². The highest BCUT2D eigenvalue weighted by Gasteiger charge is 2.15. The van der Waals surface area contributed by atoms with Crippen molar-refractivity contribution in [3.8, 4) is 5.75 Å². The summed E-state index contributed by atoms with van der Waals surface area (Å²) in [6, 6.07) is 12.9. The summed E-state index contributed by atoms with van der Waals surface area (Å²) >= 11 is 0. The number of aryl methyl sites for hydroxylation is 2. The second-order valence-electron chi connectivity index (χ2n) is 6.85. The Labute approximate surface area is 159 Å². The van der Waals surface area contributed by atoms with Crippen LogP contribution in [-0.4, -0.2) is 30.5 Å². The van der Waals surface area contributed by atoms with Crippen LogP contribution >= 0.6 is 0 Å². The fraction of sp³-hybridized carbons (Fsp3) is 0.364. The number of nitrogens with one attached hydrogen (secondary N) is 1. The first-order valence-corrected chi connectivity index (χ1v) is 9.30. The molecule has 1 unspecified atom stereocenters. The highest BCUT2D eigenvalue weighted by molar-refractivity contribution is 5.98. The molecule has 0 heterocycles. The molecule has 2 aromatic rings. The third-order valence-corrected chi connectivity index (χ3v) is 4.99. The van der Waals surface area contributed by atoms with Gasteiger partial charge in [-0.3, -0.25) is 9.59 Å². The van der Waals surface area contributed by atoms with E-state index in [1.807, 2.05) is 18.2 Å². The number of carbonyl (C=O) groups is 2. The normalized spacial score (nSPS) is 13.7. The van der Waals surface area contributed by atoms with Gasteiger partial charge in [0, 0.05) is 24.9 Å². The van der Waals surface area contributed by atoms with Crippen LogP contribution in [0.15, 0.2) is 42.5 Å². The molecule has 0 aromatic heterocycles. The lowest BCUT2D eigenvalue weighted by molar-refractivity contribution is -0.121. The number of aliphatic hydroxyl groups excluding tert-OH is 1. The summed E-state index contributed by atoms with van der Waals surface area (Å²) in [7, 11) is 1.58. The van der Waals surface area contributed by atoms with Gasteiger partial charge in [-0.2, -0.15) is 0 Å². The van der Waals surface area contributed by atoms with Gasteiger partial charge in [-0.25, -0.2) is 0 Å². The quantitative estimate of drug-likeness (QED) is 0.704. The van der Waals surface area contributed by atoms with Gasteiger partial charge < -0.3 is 15.2 Å². The van der Waals surface area contributed by atoms with Crippen molar-refractivity contribution >= 4 is 11.7 Å². The molecule has 27 heavy (non-hydrogen) atoms. The van der Waals surface area contributed by atoms with Crippen LogP contribution in [0.4, 0.5) is 0 Å². The van der Waals surface area contributed by atoms with Crippen LogP contribution in [0, 0.1) is 0 Å². The average molecular weight is 367 g/mol. The topological polar surface area (TPSA) is 75.6 Å². The van der Waals surface area contributed by atoms with Crippen LogP contribution in [0.2, 0.25) is 0 Å². The number of hydrogen-bond donors (Lipinski definition) is 2. The Morgan fingerprint density at radius 3 is 2.56 bits per heavy atom. The molecule has 0 bridgehead atoms. The van der Waals surface area contributed by atoms with Gasteiger partial charge >= 0.3 is 0 Å². The van der Waals surface area contributed by atoms with Crippen LogP contribution < -0.4 is 10.1 Å². The molecule has 0 saturated carbocycles. The lowest BCUT2D eigenvalue weighted by Gasteiger charge is -2.13. The van der Waals surface area contributed by atoms with E-state index in [-0.39, 0.29) is 31.1 Å². The number of aliphatic hydroxyl groups is 1. The lowest BCUT2D eigenvalue weighted by atomic mass is 10.0. The molecule has 1 amide bonds. The predicted molar refractivity (Wildman–Crippen MR) is 103 cm³/mol.